The van der Waals surface area contributed by atoms with Crippen molar-refractivity contribution in [2.45, 2.75) is 0 Å². The van der Waals surface area contributed by atoms with Gasteiger partial charge in [-0.15, -0.1) is 0 Å². The fraction of sp³-hybridized carbons (Fsp3) is 0.450. The topological polar surface area (TPSA) is 83.1 Å². The zero-order chi connectivity index (χ0) is 20.1. The number of methoxy groups -OCH3 is 1. The van der Waals surface area contributed by atoms with E-state index < -0.39 is 0 Å². The number of ether oxygens (including phenoxy) is 2. The van der Waals surface area contributed by atoms with Gasteiger partial charge in [-0.05, 0) is 12.1 Å². The molecule has 4 rings (SSSR count). The second-order valence-electron chi connectivity index (χ2n) is 6.97. The van der Waals surface area contributed by atoms with Crippen LogP contribution < -0.4 is 19.9 Å². The minimum absolute atomic E-state index is 0.102. The van der Waals surface area contributed by atoms with Gasteiger partial charge in [0.05, 0.1) is 20.3 Å². The molecule has 3 heterocycles. The molecule has 1 N–H and O–H groups in total. The molecule has 0 aliphatic carbocycles. The van der Waals surface area contributed by atoms with E-state index in [-0.39, 0.29) is 6.03 Å². The molecule has 29 heavy (non-hydrogen) atoms. The van der Waals surface area contributed by atoms with E-state index in [0.717, 1.165) is 56.7 Å². The Morgan fingerprint density at radius 1 is 1.00 bits per heavy atom. The monoisotopic (exact) mass is 398 g/mol. The molecule has 2 amide bonds. The predicted octanol–water partition coefficient (Wildman–Crippen LogP) is 1.68. The third kappa shape index (κ3) is 4.68. The molecule has 0 atom stereocenters. The summed E-state index contributed by atoms with van der Waals surface area (Å²) in [5.74, 6) is 2.54. The molecule has 1 aromatic heterocycles. The number of urea groups is 1. The Balaban J connectivity index is 1.33. The van der Waals surface area contributed by atoms with Crippen molar-refractivity contribution in [1.29, 1.82) is 0 Å². The minimum atomic E-state index is -0.102. The van der Waals surface area contributed by atoms with Gasteiger partial charge in [0.1, 0.15) is 23.7 Å². The Morgan fingerprint density at radius 2 is 1.69 bits per heavy atom. The van der Waals surface area contributed by atoms with Crippen molar-refractivity contribution < 1.29 is 14.3 Å². The summed E-state index contributed by atoms with van der Waals surface area (Å²) in [5.41, 5.74) is 0.725. The van der Waals surface area contributed by atoms with Crippen LogP contribution in [-0.2, 0) is 4.74 Å². The lowest BCUT2D eigenvalue weighted by atomic mass is 10.3. The lowest BCUT2D eigenvalue weighted by molar-refractivity contribution is 0.122. The second-order valence-corrected chi connectivity index (χ2v) is 6.97. The summed E-state index contributed by atoms with van der Waals surface area (Å²) in [6.45, 7) is 5.85. The Labute approximate surface area is 170 Å². The van der Waals surface area contributed by atoms with Crippen molar-refractivity contribution in [3.8, 4) is 5.75 Å². The maximum atomic E-state index is 12.6. The third-order valence-electron chi connectivity index (χ3n) is 5.19. The van der Waals surface area contributed by atoms with Crippen LogP contribution in [0.4, 0.5) is 22.1 Å². The number of hydrogen-bond acceptors (Lipinski definition) is 7. The molecule has 1 aromatic carbocycles. The van der Waals surface area contributed by atoms with Crippen LogP contribution in [0.25, 0.3) is 0 Å². The van der Waals surface area contributed by atoms with Gasteiger partial charge in [-0.1, -0.05) is 6.07 Å². The van der Waals surface area contributed by atoms with Crippen LogP contribution >= 0.6 is 0 Å². The van der Waals surface area contributed by atoms with E-state index in [2.05, 4.69) is 25.1 Å². The summed E-state index contributed by atoms with van der Waals surface area (Å²) in [5, 5.41) is 2.94. The molecule has 154 valence electrons. The number of benzene rings is 1. The number of rotatable bonds is 4. The molecule has 2 aliphatic heterocycles. The van der Waals surface area contributed by atoms with Gasteiger partial charge in [-0.3, -0.25) is 0 Å². The van der Waals surface area contributed by atoms with Crippen LogP contribution in [-0.4, -0.2) is 80.5 Å². The SMILES string of the molecule is COc1cccc(NC(=O)N2CCN(c3cc(N4CCOCC4)ncn3)CC2)c1. The van der Waals surface area contributed by atoms with Crippen LogP contribution in [0.15, 0.2) is 36.7 Å². The van der Waals surface area contributed by atoms with E-state index in [1.165, 1.54) is 0 Å². The maximum Gasteiger partial charge on any atom is 0.321 e. The van der Waals surface area contributed by atoms with Crippen LogP contribution in [0, 0.1) is 0 Å². The lowest BCUT2D eigenvalue weighted by Crippen LogP contribution is -2.50. The van der Waals surface area contributed by atoms with E-state index >= 15 is 0 Å². The summed E-state index contributed by atoms with van der Waals surface area (Å²) in [4.78, 5) is 27.7. The van der Waals surface area contributed by atoms with Gasteiger partial charge >= 0.3 is 6.03 Å². The molecule has 0 spiro atoms. The van der Waals surface area contributed by atoms with Crippen LogP contribution in [0.1, 0.15) is 0 Å². The van der Waals surface area contributed by atoms with E-state index in [1.54, 1.807) is 13.4 Å². The smallest absolute Gasteiger partial charge is 0.321 e. The standard InChI is InChI=1S/C20H26N6O3/c1-28-17-4-2-3-16(13-17)23-20(27)26-7-5-24(6-8-26)18-14-19(22-15-21-18)25-9-11-29-12-10-25/h2-4,13-15H,5-12H2,1H3,(H,23,27). The first-order valence-electron chi connectivity index (χ1n) is 9.82. The lowest BCUT2D eigenvalue weighted by Gasteiger charge is -2.36. The first-order chi connectivity index (χ1) is 14.2. The van der Waals surface area contributed by atoms with Gasteiger partial charge < -0.3 is 29.5 Å². The fourth-order valence-corrected chi connectivity index (χ4v) is 3.52. The molecule has 2 fully saturated rings. The first kappa shape index (κ1) is 19.3. The molecule has 0 bridgehead atoms. The highest BCUT2D eigenvalue weighted by atomic mass is 16.5. The molecule has 0 saturated carbocycles. The van der Waals surface area contributed by atoms with Gasteiger partial charge in [0.15, 0.2) is 0 Å². The predicted molar refractivity (Wildman–Crippen MR) is 111 cm³/mol. The average molecular weight is 398 g/mol. The molecule has 0 radical (unpaired) electrons. The van der Waals surface area contributed by atoms with Gasteiger partial charge in [0.2, 0.25) is 0 Å². The summed E-state index contributed by atoms with van der Waals surface area (Å²) in [6.07, 6.45) is 1.61. The Bertz CT molecular complexity index is 834. The number of morpholine rings is 1. The molecule has 2 aromatic rings. The largest absolute Gasteiger partial charge is 0.497 e. The molecule has 9 nitrogen and oxygen atoms in total. The van der Waals surface area contributed by atoms with Crippen molar-refractivity contribution in [2.75, 3.05) is 74.7 Å². The van der Waals surface area contributed by atoms with Gasteiger partial charge in [-0.2, -0.15) is 0 Å². The number of aromatic nitrogens is 2. The molecule has 0 unspecified atom stereocenters. The normalized spacial score (nSPS) is 17.2. The number of nitrogens with one attached hydrogen (secondary N) is 1. The van der Waals surface area contributed by atoms with Gasteiger partial charge in [-0.25, -0.2) is 14.8 Å². The molecular weight excluding hydrogens is 372 g/mol. The van der Waals surface area contributed by atoms with Crippen molar-refractivity contribution in [1.82, 2.24) is 14.9 Å². The number of nitrogens with zero attached hydrogens (tertiary/aromatic N) is 5. The van der Waals surface area contributed by atoms with Crippen molar-refractivity contribution >= 4 is 23.4 Å². The second kappa shape index (κ2) is 8.95. The molecule has 2 saturated heterocycles. The zero-order valence-corrected chi connectivity index (χ0v) is 16.6. The maximum absolute atomic E-state index is 12.6. The van der Waals surface area contributed by atoms with Crippen molar-refractivity contribution in [3.63, 3.8) is 0 Å². The number of hydrogen-bond donors (Lipinski definition) is 1. The van der Waals surface area contributed by atoms with E-state index in [4.69, 9.17) is 9.47 Å². The van der Waals surface area contributed by atoms with Crippen LogP contribution in [0.3, 0.4) is 0 Å². The van der Waals surface area contributed by atoms with Crippen LogP contribution in [0.2, 0.25) is 0 Å². The van der Waals surface area contributed by atoms with Crippen molar-refractivity contribution in [2.24, 2.45) is 0 Å². The highest BCUT2D eigenvalue weighted by molar-refractivity contribution is 5.89. The van der Waals surface area contributed by atoms with Crippen LogP contribution in [0.5, 0.6) is 5.75 Å². The summed E-state index contributed by atoms with van der Waals surface area (Å²) in [6, 6.07) is 9.29. The number of amides is 2. The van der Waals surface area contributed by atoms with Gasteiger partial charge in [0, 0.05) is 57.1 Å². The Hall–Kier alpha value is -3.07. The summed E-state index contributed by atoms with van der Waals surface area (Å²) < 4.78 is 10.6. The van der Waals surface area contributed by atoms with E-state index in [1.807, 2.05) is 35.2 Å². The van der Waals surface area contributed by atoms with E-state index in [9.17, 15) is 4.79 Å². The fourth-order valence-electron chi connectivity index (χ4n) is 3.52. The number of carbonyl (C=O) groups is 1. The molecular formula is C20H26N6O3. The number of anilines is 3. The van der Waals surface area contributed by atoms with Crippen molar-refractivity contribution in [3.05, 3.63) is 36.7 Å². The highest BCUT2D eigenvalue weighted by Crippen LogP contribution is 2.21. The summed E-state index contributed by atoms with van der Waals surface area (Å²) in [7, 11) is 1.61. The summed E-state index contributed by atoms with van der Waals surface area (Å²) >= 11 is 0. The quantitative estimate of drug-likeness (QED) is 0.839. The number of carbonyl (C=O) groups excluding carboxylic acids is 1. The first-order valence-corrected chi connectivity index (χ1v) is 9.82. The third-order valence-corrected chi connectivity index (χ3v) is 5.19. The number of piperazine rings is 1. The highest BCUT2D eigenvalue weighted by Gasteiger charge is 2.23. The average Bonchev–Trinajstić information content (AvgIpc) is 2.80. The minimum Gasteiger partial charge on any atom is -0.497 e. The van der Waals surface area contributed by atoms with E-state index in [0.29, 0.717) is 18.8 Å². The Kier molecular flexibility index (Phi) is 5.95. The Morgan fingerprint density at radius 3 is 2.38 bits per heavy atom. The zero-order valence-electron chi connectivity index (χ0n) is 16.6. The molecule has 2 aliphatic rings. The van der Waals surface area contributed by atoms with Gasteiger partial charge in [0.25, 0.3) is 0 Å². The molecule has 9 heteroatoms.